The van der Waals surface area contributed by atoms with Gasteiger partial charge in [-0.15, -0.1) is 0 Å². The van der Waals surface area contributed by atoms with Gasteiger partial charge in [0.25, 0.3) is 0 Å². The van der Waals surface area contributed by atoms with Gasteiger partial charge in [0.2, 0.25) is 0 Å². The normalized spacial score (nSPS) is 19.0. The third-order valence-corrected chi connectivity index (χ3v) is 5.12. The van der Waals surface area contributed by atoms with Gasteiger partial charge >= 0.3 is 0 Å². The van der Waals surface area contributed by atoms with Crippen LogP contribution in [0, 0.1) is 18.7 Å². The number of nitrogens with zero attached hydrogens (tertiary/aromatic N) is 2. The molecule has 146 valence electrons. The van der Waals surface area contributed by atoms with E-state index in [1.54, 1.807) is 6.07 Å². The van der Waals surface area contributed by atoms with Crippen molar-refractivity contribution in [3.05, 3.63) is 35.1 Å². The number of rotatable bonds is 7. The van der Waals surface area contributed by atoms with Crippen LogP contribution in [-0.2, 0) is 6.42 Å². The summed E-state index contributed by atoms with van der Waals surface area (Å²) in [7, 11) is 0. The summed E-state index contributed by atoms with van der Waals surface area (Å²) >= 11 is 0. The summed E-state index contributed by atoms with van der Waals surface area (Å²) in [5.41, 5.74) is 2.18. The van der Waals surface area contributed by atoms with Gasteiger partial charge in [0.05, 0.1) is 0 Å². The largest absolute Gasteiger partial charge is 0.357 e. The van der Waals surface area contributed by atoms with Crippen molar-refractivity contribution in [2.75, 3.05) is 32.7 Å². The molecule has 1 unspecified atom stereocenters. The Morgan fingerprint density at radius 1 is 1.35 bits per heavy atom. The van der Waals surface area contributed by atoms with Gasteiger partial charge in [-0.2, -0.15) is 0 Å². The lowest BCUT2D eigenvalue weighted by Gasteiger charge is -2.34. The first kappa shape index (κ1) is 20.7. The van der Waals surface area contributed by atoms with E-state index in [1.807, 2.05) is 13.0 Å². The van der Waals surface area contributed by atoms with E-state index < -0.39 is 0 Å². The van der Waals surface area contributed by atoms with Crippen molar-refractivity contribution in [1.29, 1.82) is 0 Å². The second kappa shape index (κ2) is 10.5. The molecule has 1 saturated heterocycles. The van der Waals surface area contributed by atoms with E-state index in [0.717, 1.165) is 44.1 Å². The van der Waals surface area contributed by atoms with Crippen LogP contribution < -0.4 is 10.6 Å². The van der Waals surface area contributed by atoms with Crippen molar-refractivity contribution < 1.29 is 4.39 Å². The fourth-order valence-electron chi connectivity index (χ4n) is 3.53. The predicted molar refractivity (Wildman–Crippen MR) is 108 cm³/mol. The topological polar surface area (TPSA) is 39.7 Å². The SMILES string of the molecule is CCNC(=NCC1CCCN(C(C)C)C1)NCCc1ccc(F)cc1C. The summed E-state index contributed by atoms with van der Waals surface area (Å²) in [6.45, 7) is 13.5. The van der Waals surface area contributed by atoms with Gasteiger partial charge in [0.15, 0.2) is 5.96 Å². The predicted octanol–water partition coefficient (Wildman–Crippen LogP) is 3.35. The highest BCUT2D eigenvalue weighted by Crippen LogP contribution is 2.18. The molecule has 4 nitrogen and oxygen atoms in total. The average molecular weight is 363 g/mol. The highest BCUT2D eigenvalue weighted by molar-refractivity contribution is 5.79. The number of aliphatic imine (C=N–C) groups is 1. The Balaban J connectivity index is 1.84. The van der Waals surface area contributed by atoms with Crippen LogP contribution in [0.15, 0.2) is 23.2 Å². The third-order valence-electron chi connectivity index (χ3n) is 5.12. The lowest BCUT2D eigenvalue weighted by atomic mass is 9.97. The minimum atomic E-state index is -0.169. The molecular weight excluding hydrogens is 327 g/mol. The number of benzene rings is 1. The van der Waals surface area contributed by atoms with Crippen molar-refractivity contribution in [1.82, 2.24) is 15.5 Å². The first-order chi connectivity index (χ1) is 12.5. The van der Waals surface area contributed by atoms with Crippen LogP contribution in [0.3, 0.4) is 0 Å². The molecule has 26 heavy (non-hydrogen) atoms. The maximum atomic E-state index is 13.2. The molecular formula is C21H35FN4. The molecule has 2 N–H and O–H groups in total. The number of likely N-dealkylation sites (tertiary alicyclic amines) is 1. The van der Waals surface area contributed by atoms with Gasteiger partial charge in [-0.3, -0.25) is 4.99 Å². The smallest absolute Gasteiger partial charge is 0.191 e. The first-order valence-electron chi connectivity index (χ1n) is 10.0. The summed E-state index contributed by atoms with van der Waals surface area (Å²) in [6, 6.07) is 5.62. The van der Waals surface area contributed by atoms with E-state index in [0.29, 0.717) is 12.0 Å². The number of nitrogens with one attached hydrogen (secondary N) is 2. The molecule has 1 aromatic rings. The van der Waals surface area contributed by atoms with Crippen LogP contribution in [-0.4, -0.2) is 49.6 Å². The van der Waals surface area contributed by atoms with Crippen LogP contribution in [0.25, 0.3) is 0 Å². The number of piperidine rings is 1. The van der Waals surface area contributed by atoms with E-state index in [4.69, 9.17) is 4.99 Å². The molecule has 0 aromatic heterocycles. The Kier molecular flexibility index (Phi) is 8.36. The zero-order valence-corrected chi connectivity index (χ0v) is 16.8. The molecule has 0 aliphatic carbocycles. The molecule has 1 aliphatic heterocycles. The van der Waals surface area contributed by atoms with E-state index in [1.165, 1.54) is 31.0 Å². The van der Waals surface area contributed by atoms with Crippen molar-refractivity contribution in [3.63, 3.8) is 0 Å². The maximum absolute atomic E-state index is 13.2. The lowest BCUT2D eigenvalue weighted by molar-refractivity contribution is 0.143. The van der Waals surface area contributed by atoms with Crippen LogP contribution >= 0.6 is 0 Å². The number of guanidine groups is 1. The van der Waals surface area contributed by atoms with Gasteiger partial charge < -0.3 is 15.5 Å². The summed E-state index contributed by atoms with van der Waals surface area (Å²) in [6.07, 6.45) is 3.40. The van der Waals surface area contributed by atoms with Crippen LogP contribution in [0.1, 0.15) is 44.7 Å². The van der Waals surface area contributed by atoms with Crippen LogP contribution in [0.2, 0.25) is 0 Å². The number of hydrogen-bond donors (Lipinski definition) is 2. The first-order valence-corrected chi connectivity index (χ1v) is 10.0. The molecule has 0 bridgehead atoms. The maximum Gasteiger partial charge on any atom is 0.191 e. The van der Waals surface area contributed by atoms with Crippen LogP contribution in [0.5, 0.6) is 0 Å². The molecule has 1 aromatic carbocycles. The molecule has 0 saturated carbocycles. The summed E-state index contributed by atoms with van der Waals surface area (Å²) in [4.78, 5) is 7.36. The van der Waals surface area contributed by atoms with Crippen LogP contribution in [0.4, 0.5) is 4.39 Å². The highest BCUT2D eigenvalue weighted by atomic mass is 19.1. The summed E-state index contributed by atoms with van der Waals surface area (Å²) in [5, 5.41) is 6.75. The molecule has 0 radical (unpaired) electrons. The van der Waals surface area contributed by atoms with Crippen molar-refractivity contribution in [2.45, 2.75) is 53.0 Å². The van der Waals surface area contributed by atoms with Gasteiger partial charge in [-0.1, -0.05) is 6.07 Å². The molecule has 1 atom stereocenters. The fraction of sp³-hybridized carbons (Fsp3) is 0.667. The van der Waals surface area contributed by atoms with E-state index in [9.17, 15) is 4.39 Å². The standard InChI is InChI=1S/C21H35FN4/c1-5-23-21(24-11-10-19-8-9-20(22)13-17(19)4)25-14-18-7-6-12-26(15-18)16(2)3/h8-9,13,16,18H,5-7,10-12,14-15H2,1-4H3,(H2,23,24,25). The zero-order valence-electron chi connectivity index (χ0n) is 16.8. The minimum Gasteiger partial charge on any atom is -0.357 e. The fourth-order valence-corrected chi connectivity index (χ4v) is 3.53. The summed E-state index contributed by atoms with van der Waals surface area (Å²) in [5.74, 6) is 1.35. The molecule has 1 fully saturated rings. The van der Waals surface area contributed by atoms with E-state index in [-0.39, 0.29) is 5.82 Å². The quantitative estimate of drug-likeness (QED) is 0.577. The van der Waals surface area contributed by atoms with Crippen molar-refractivity contribution in [3.8, 4) is 0 Å². The van der Waals surface area contributed by atoms with Crippen molar-refractivity contribution >= 4 is 5.96 Å². The monoisotopic (exact) mass is 362 g/mol. The second-order valence-corrected chi connectivity index (χ2v) is 7.56. The number of aryl methyl sites for hydroxylation is 1. The second-order valence-electron chi connectivity index (χ2n) is 7.56. The van der Waals surface area contributed by atoms with E-state index >= 15 is 0 Å². The third kappa shape index (κ3) is 6.60. The Hall–Kier alpha value is -1.62. The highest BCUT2D eigenvalue weighted by Gasteiger charge is 2.21. The molecule has 5 heteroatoms. The number of halogens is 1. The Labute approximate surface area is 158 Å². The minimum absolute atomic E-state index is 0.169. The Morgan fingerprint density at radius 3 is 2.85 bits per heavy atom. The zero-order chi connectivity index (χ0) is 18.9. The molecule has 0 spiro atoms. The molecule has 2 rings (SSSR count). The van der Waals surface area contributed by atoms with Gasteiger partial charge in [-0.05, 0) is 82.7 Å². The molecule has 0 amide bonds. The Bertz CT molecular complexity index is 585. The molecule has 1 heterocycles. The van der Waals surface area contributed by atoms with Crippen molar-refractivity contribution in [2.24, 2.45) is 10.9 Å². The number of hydrogen-bond acceptors (Lipinski definition) is 2. The Morgan fingerprint density at radius 2 is 2.15 bits per heavy atom. The average Bonchev–Trinajstić information content (AvgIpc) is 2.61. The summed E-state index contributed by atoms with van der Waals surface area (Å²) < 4.78 is 13.2. The van der Waals surface area contributed by atoms with Gasteiger partial charge in [0, 0.05) is 32.2 Å². The van der Waals surface area contributed by atoms with E-state index in [2.05, 4.69) is 36.3 Å². The molecule has 1 aliphatic rings. The lowest BCUT2D eigenvalue weighted by Crippen LogP contribution is -2.42. The van der Waals surface area contributed by atoms with Gasteiger partial charge in [0.1, 0.15) is 5.82 Å². The van der Waals surface area contributed by atoms with Gasteiger partial charge in [-0.25, -0.2) is 4.39 Å².